The molecule has 0 aliphatic heterocycles. The number of hydrogen-bond acceptors (Lipinski definition) is 4. The molecule has 0 spiro atoms. The summed E-state index contributed by atoms with van der Waals surface area (Å²) in [6, 6.07) is 1.68. The minimum atomic E-state index is -0.120. The standard InChI is InChI=1S/C13H23N3O/c1-9(2)6-7-17-11-8-10(14)15-12(16-11)13(3,4)5/h8-9H,6-7H2,1-5H3,(H2,14,15,16). The van der Waals surface area contributed by atoms with Gasteiger partial charge in [-0.2, -0.15) is 4.98 Å². The molecule has 4 nitrogen and oxygen atoms in total. The second-order valence-corrected chi connectivity index (χ2v) is 5.74. The van der Waals surface area contributed by atoms with Crippen molar-refractivity contribution in [3.05, 3.63) is 11.9 Å². The van der Waals surface area contributed by atoms with E-state index < -0.39 is 0 Å². The van der Waals surface area contributed by atoms with Gasteiger partial charge in [0.1, 0.15) is 11.6 Å². The Morgan fingerprint density at radius 3 is 2.47 bits per heavy atom. The molecule has 0 radical (unpaired) electrons. The monoisotopic (exact) mass is 237 g/mol. The summed E-state index contributed by atoms with van der Waals surface area (Å²) in [7, 11) is 0. The van der Waals surface area contributed by atoms with Gasteiger partial charge in [0, 0.05) is 11.5 Å². The van der Waals surface area contributed by atoms with Gasteiger partial charge in [0.2, 0.25) is 5.88 Å². The number of nitrogens with zero attached hydrogens (tertiary/aromatic N) is 2. The lowest BCUT2D eigenvalue weighted by molar-refractivity contribution is 0.276. The molecule has 0 saturated heterocycles. The van der Waals surface area contributed by atoms with E-state index in [4.69, 9.17) is 10.5 Å². The molecule has 0 atom stereocenters. The Kier molecular flexibility index (Phi) is 4.32. The molecule has 0 unspecified atom stereocenters. The van der Waals surface area contributed by atoms with Gasteiger partial charge in [0.05, 0.1) is 6.61 Å². The molecule has 4 heteroatoms. The summed E-state index contributed by atoms with van der Waals surface area (Å²) in [6.07, 6.45) is 1.01. The quantitative estimate of drug-likeness (QED) is 0.874. The Labute approximate surface area is 104 Å². The predicted octanol–water partition coefficient (Wildman–Crippen LogP) is 2.78. The normalized spacial score (nSPS) is 11.9. The lowest BCUT2D eigenvalue weighted by Crippen LogP contribution is -2.17. The zero-order chi connectivity index (χ0) is 13.1. The molecule has 0 aliphatic rings. The highest BCUT2D eigenvalue weighted by atomic mass is 16.5. The average molecular weight is 237 g/mol. The van der Waals surface area contributed by atoms with Crippen LogP contribution in [-0.4, -0.2) is 16.6 Å². The molecular weight excluding hydrogens is 214 g/mol. The minimum Gasteiger partial charge on any atom is -0.478 e. The summed E-state index contributed by atoms with van der Waals surface area (Å²) in [5.41, 5.74) is 5.64. The van der Waals surface area contributed by atoms with Crippen molar-refractivity contribution in [1.29, 1.82) is 0 Å². The fourth-order valence-electron chi connectivity index (χ4n) is 1.25. The molecule has 0 bridgehead atoms. The summed E-state index contributed by atoms with van der Waals surface area (Å²) in [5, 5.41) is 0. The van der Waals surface area contributed by atoms with E-state index in [0.717, 1.165) is 12.2 Å². The largest absolute Gasteiger partial charge is 0.478 e. The second-order valence-electron chi connectivity index (χ2n) is 5.74. The minimum absolute atomic E-state index is 0.120. The number of anilines is 1. The topological polar surface area (TPSA) is 61.0 Å². The van der Waals surface area contributed by atoms with Gasteiger partial charge < -0.3 is 10.5 Å². The third-order valence-corrected chi connectivity index (χ3v) is 2.34. The smallest absolute Gasteiger partial charge is 0.218 e. The first-order valence-electron chi connectivity index (χ1n) is 6.07. The van der Waals surface area contributed by atoms with E-state index in [1.165, 1.54) is 0 Å². The van der Waals surface area contributed by atoms with Crippen LogP contribution in [0.25, 0.3) is 0 Å². The lowest BCUT2D eigenvalue weighted by Gasteiger charge is -2.17. The second kappa shape index (κ2) is 5.34. The highest BCUT2D eigenvalue weighted by Gasteiger charge is 2.19. The maximum absolute atomic E-state index is 5.76. The van der Waals surface area contributed by atoms with Crippen LogP contribution in [0.4, 0.5) is 5.82 Å². The van der Waals surface area contributed by atoms with Gasteiger partial charge in [0.15, 0.2) is 0 Å². The van der Waals surface area contributed by atoms with Crippen molar-refractivity contribution < 1.29 is 4.74 Å². The highest BCUT2D eigenvalue weighted by Crippen LogP contribution is 2.22. The van der Waals surface area contributed by atoms with Crippen molar-refractivity contribution in [2.45, 2.75) is 46.5 Å². The first kappa shape index (κ1) is 13.7. The van der Waals surface area contributed by atoms with E-state index in [2.05, 4.69) is 44.6 Å². The van der Waals surface area contributed by atoms with E-state index in [0.29, 0.717) is 24.2 Å². The third-order valence-electron chi connectivity index (χ3n) is 2.34. The molecular formula is C13H23N3O. The molecule has 96 valence electrons. The Morgan fingerprint density at radius 2 is 1.94 bits per heavy atom. The summed E-state index contributed by atoms with van der Waals surface area (Å²) in [4.78, 5) is 8.62. The van der Waals surface area contributed by atoms with Crippen LogP contribution in [0.3, 0.4) is 0 Å². The zero-order valence-electron chi connectivity index (χ0n) is 11.4. The first-order chi connectivity index (χ1) is 7.79. The molecule has 2 N–H and O–H groups in total. The summed E-state index contributed by atoms with van der Waals surface area (Å²) < 4.78 is 5.60. The Balaban J connectivity index is 2.76. The van der Waals surface area contributed by atoms with Gasteiger partial charge in [-0.1, -0.05) is 34.6 Å². The van der Waals surface area contributed by atoms with Crippen LogP contribution in [0.15, 0.2) is 6.07 Å². The summed E-state index contributed by atoms with van der Waals surface area (Å²) in [5.74, 6) is 2.38. The molecule has 0 aromatic carbocycles. The molecule has 1 aromatic rings. The van der Waals surface area contributed by atoms with Gasteiger partial charge >= 0.3 is 0 Å². The fourth-order valence-corrected chi connectivity index (χ4v) is 1.25. The van der Waals surface area contributed by atoms with Crippen molar-refractivity contribution in [1.82, 2.24) is 9.97 Å². The third kappa shape index (κ3) is 4.59. The first-order valence-corrected chi connectivity index (χ1v) is 6.07. The van der Waals surface area contributed by atoms with E-state index in [-0.39, 0.29) is 5.41 Å². The Morgan fingerprint density at radius 1 is 1.29 bits per heavy atom. The van der Waals surface area contributed by atoms with Crippen molar-refractivity contribution in [2.24, 2.45) is 5.92 Å². The van der Waals surface area contributed by atoms with Crippen LogP contribution >= 0.6 is 0 Å². The molecule has 0 amide bonds. The average Bonchev–Trinajstić information content (AvgIpc) is 2.14. The van der Waals surface area contributed by atoms with Crippen LogP contribution in [0.5, 0.6) is 5.88 Å². The van der Waals surface area contributed by atoms with Gasteiger partial charge in [0.25, 0.3) is 0 Å². The van der Waals surface area contributed by atoms with Crippen molar-refractivity contribution in [3.8, 4) is 5.88 Å². The van der Waals surface area contributed by atoms with Crippen molar-refractivity contribution in [3.63, 3.8) is 0 Å². The maximum Gasteiger partial charge on any atom is 0.218 e. The number of nitrogen functional groups attached to an aromatic ring is 1. The van der Waals surface area contributed by atoms with Crippen LogP contribution in [0.2, 0.25) is 0 Å². The van der Waals surface area contributed by atoms with Gasteiger partial charge in [-0.3, -0.25) is 0 Å². The van der Waals surface area contributed by atoms with E-state index in [1.54, 1.807) is 6.07 Å². The maximum atomic E-state index is 5.76. The van der Waals surface area contributed by atoms with E-state index >= 15 is 0 Å². The lowest BCUT2D eigenvalue weighted by atomic mass is 9.96. The SMILES string of the molecule is CC(C)CCOc1cc(N)nc(C(C)(C)C)n1. The van der Waals surface area contributed by atoms with Crippen LogP contribution in [0.1, 0.15) is 46.9 Å². The van der Waals surface area contributed by atoms with Crippen LogP contribution < -0.4 is 10.5 Å². The van der Waals surface area contributed by atoms with Crippen LogP contribution in [-0.2, 0) is 5.41 Å². The zero-order valence-corrected chi connectivity index (χ0v) is 11.4. The molecule has 0 fully saturated rings. The Hall–Kier alpha value is -1.32. The molecule has 0 aliphatic carbocycles. The molecule has 0 saturated carbocycles. The van der Waals surface area contributed by atoms with Crippen molar-refractivity contribution >= 4 is 5.82 Å². The van der Waals surface area contributed by atoms with Gasteiger partial charge in [-0.05, 0) is 12.3 Å². The van der Waals surface area contributed by atoms with Crippen molar-refractivity contribution in [2.75, 3.05) is 12.3 Å². The number of rotatable bonds is 4. The molecule has 1 heterocycles. The number of hydrogen-bond donors (Lipinski definition) is 1. The van der Waals surface area contributed by atoms with Crippen LogP contribution in [0, 0.1) is 5.92 Å². The van der Waals surface area contributed by atoms with Gasteiger partial charge in [-0.25, -0.2) is 4.98 Å². The van der Waals surface area contributed by atoms with Gasteiger partial charge in [-0.15, -0.1) is 0 Å². The number of ether oxygens (including phenoxy) is 1. The number of nitrogens with two attached hydrogens (primary N) is 1. The molecule has 1 rings (SSSR count). The summed E-state index contributed by atoms with van der Waals surface area (Å²) >= 11 is 0. The van der Waals surface area contributed by atoms with E-state index in [9.17, 15) is 0 Å². The van der Waals surface area contributed by atoms with E-state index in [1.807, 2.05) is 0 Å². The highest BCUT2D eigenvalue weighted by molar-refractivity contribution is 5.34. The predicted molar refractivity (Wildman–Crippen MR) is 70.1 cm³/mol. The Bertz CT molecular complexity index is 369. The molecule has 1 aromatic heterocycles. The fraction of sp³-hybridized carbons (Fsp3) is 0.692. The number of aromatic nitrogens is 2. The summed E-state index contributed by atoms with van der Waals surface area (Å²) in [6.45, 7) is 11.2. The molecule has 17 heavy (non-hydrogen) atoms.